The van der Waals surface area contributed by atoms with Crippen molar-refractivity contribution in [2.45, 2.75) is 6.61 Å². The quantitative estimate of drug-likeness (QED) is 0.535. The number of rotatable bonds is 4. The number of nitrogen functional groups attached to an aromatic ring is 1. The summed E-state index contributed by atoms with van der Waals surface area (Å²) in [6.45, 7) is -0.109. The summed E-state index contributed by atoms with van der Waals surface area (Å²) in [7, 11) is 0. The largest absolute Gasteiger partial charge is 0.454 e. The number of para-hydroxylation sites is 1. The van der Waals surface area contributed by atoms with Gasteiger partial charge >= 0.3 is 5.97 Å². The highest BCUT2D eigenvalue weighted by molar-refractivity contribution is 5.98. The molecule has 0 bridgehead atoms. The minimum absolute atomic E-state index is 0.109. The summed E-state index contributed by atoms with van der Waals surface area (Å²) in [5, 5.41) is 10.1. The normalized spacial score (nSPS) is 10.4. The highest BCUT2D eigenvalue weighted by atomic mass is 16.5. The second-order valence-electron chi connectivity index (χ2n) is 6.32. The molecule has 0 aliphatic rings. The van der Waals surface area contributed by atoms with Crippen molar-refractivity contribution < 1.29 is 9.53 Å². The molecule has 4 aromatic rings. The Balaban J connectivity index is 1.61. The number of aromatic nitrogens is 2. The average Bonchev–Trinajstić information content (AvgIpc) is 2.77. The van der Waals surface area contributed by atoms with Crippen molar-refractivity contribution in [3.8, 4) is 17.2 Å². The molecule has 2 N–H and O–H groups in total. The number of ether oxygens (including phenoxy) is 1. The maximum absolute atomic E-state index is 12.8. The smallest absolute Gasteiger partial charge is 0.339 e. The van der Waals surface area contributed by atoms with Crippen LogP contribution in [-0.4, -0.2) is 15.9 Å². The molecule has 6 heteroatoms. The molecule has 0 amide bonds. The van der Waals surface area contributed by atoms with E-state index in [1.807, 2.05) is 36.4 Å². The van der Waals surface area contributed by atoms with Gasteiger partial charge in [0.05, 0.1) is 22.7 Å². The Morgan fingerprint density at radius 3 is 2.45 bits per heavy atom. The van der Waals surface area contributed by atoms with Crippen molar-refractivity contribution in [1.29, 1.82) is 5.26 Å². The van der Waals surface area contributed by atoms with Gasteiger partial charge in [-0.1, -0.05) is 48.5 Å². The standard InChI is InChI=1S/C23H16N4O2/c24-13-15-7-1-2-8-16(15)17-9-3-4-10-18(17)23(28)29-14-21-26-20-12-6-5-11-19(20)22(25)27-21/h1-12H,14H2,(H2,25,26,27). The van der Waals surface area contributed by atoms with Gasteiger partial charge in [0, 0.05) is 10.9 Å². The molecule has 3 aromatic carbocycles. The number of nitrogens with zero attached hydrogens (tertiary/aromatic N) is 3. The van der Waals surface area contributed by atoms with E-state index in [9.17, 15) is 10.1 Å². The van der Waals surface area contributed by atoms with Crippen molar-refractivity contribution in [2.24, 2.45) is 0 Å². The first-order valence-electron chi connectivity index (χ1n) is 8.94. The number of carbonyl (C=O) groups excluding carboxylic acids is 1. The Kier molecular flexibility index (Phi) is 4.87. The van der Waals surface area contributed by atoms with E-state index in [0.29, 0.717) is 39.4 Å². The van der Waals surface area contributed by atoms with Crippen molar-refractivity contribution in [3.05, 3.63) is 89.7 Å². The lowest BCUT2D eigenvalue weighted by molar-refractivity contribution is 0.0463. The van der Waals surface area contributed by atoms with Crippen molar-refractivity contribution in [1.82, 2.24) is 9.97 Å². The Bertz CT molecular complexity index is 1260. The lowest BCUT2D eigenvalue weighted by Gasteiger charge is -2.11. The Labute approximate surface area is 167 Å². The molecule has 0 radical (unpaired) electrons. The molecule has 0 saturated heterocycles. The Hall–Kier alpha value is -4.24. The molecular weight excluding hydrogens is 364 g/mol. The number of benzene rings is 3. The van der Waals surface area contributed by atoms with Gasteiger partial charge in [-0.05, 0) is 29.8 Å². The van der Waals surface area contributed by atoms with Crippen LogP contribution in [0.25, 0.3) is 22.0 Å². The average molecular weight is 380 g/mol. The van der Waals surface area contributed by atoms with E-state index in [0.717, 1.165) is 5.39 Å². The zero-order chi connectivity index (χ0) is 20.2. The fraction of sp³-hybridized carbons (Fsp3) is 0.0435. The maximum Gasteiger partial charge on any atom is 0.339 e. The number of hydrogen-bond acceptors (Lipinski definition) is 6. The zero-order valence-electron chi connectivity index (χ0n) is 15.4. The highest BCUT2D eigenvalue weighted by Gasteiger charge is 2.17. The zero-order valence-corrected chi connectivity index (χ0v) is 15.4. The molecule has 0 aliphatic heterocycles. The van der Waals surface area contributed by atoms with Crippen LogP contribution in [0.1, 0.15) is 21.7 Å². The van der Waals surface area contributed by atoms with Crippen LogP contribution in [0.15, 0.2) is 72.8 Å². The summed E-state index contributed by atoms with van der Waals surface area (Å²) in [6.07, 6.45) is 0. The van der Waals surface area contributed by atoms with Gasteiger partial charge in [0.15, 0.2) is 12.4 Å². The molecule has 0 saturated carbocycles. The fourth-order valence-corrected chi connectivity index (χ4v) is 3.13. The molecule has 0 atom stereocenters. The first-order valence-corrected chi connectivity index (χ1v) is 8.94. The fourth-order valence-electron chi connectivity index (χ4n) is 3.13. The van der Waals surface area contributed by atoms with Crippen LogP contribution in [-0.2, 0) is 11.3 Å². The number of nitriles is 1. The molecule has 6 nitrogen and oxygen atoms in total. The summed E-state index contributed by atoms with van der Waals surface area (Å²) >= 11 is 0. The third kappa shape index (κ3) is 3.62. The maximum atomic E-state index is 12.8. The van der Waals surface area contributed by atoms with E-state index >= 15 is 0 Å². The predicted molar refractivity (Wildman–Crippen MR) is 110 cm³/mol. The number of fused-ring (bicyclic) bond motifs is 1. The second-order valence-corrected chi connectivity index (χ2v) is 6.32. The van der Waals surface area contributed by atoms with Crippen LogP contribution in [0.5, 0.6) is 0 Å². The van der Waals surface area contributed by atoms with Crippen LogP contribution in [0.2, 0.25) is 0 Å². The number of nitrogens with two attached hydrogens (primary N) is 1. The summed E-state index contributed by atoms with van der Waals surface area (Å²) in [5.41, 5.74) is 8.83. The third-order valence-corrected chi connectivity index (χ3v) is 4.50. The van der Waals surface area contributed by atoms with Gasteiger partial charge in [0.25, 0.3) is 0 Å². The molecule has 1 heterocycles. The molecular formula is C23H16N4O2. The van der Waals surface area contributed by atoms with Gasteiger partial charge in [0.1, 0.15) is 5.82 Å². The van der Waals surface area contributed by atoms with Gasteiger partial charge in [-0.3, -0.25) is 0 Å². The van der Waals surface area contributed by atoms with Crippen LogP contribution in [0, 0.1) is 11.3 Å². The van der Waals surface area contributed by atoms with E-state index in [2.05, 4.69) is 16.0 Å². The minimum atomic E-state index is -0.524. The number of esters is 1. The SMILES string of the molecule is N#Cc1ccccc1-c1ccccc1C(=O)OCc1nc(N)c2ccccc2n1. The molecule has 4 rings (SSSR count). The van der Waals surface area contributed by atoms with E-state index in [-0.39, 0.29) is 6.61 Å². The third-order valence-electron chi connectivity index (χ3n) is 4.50. The molecule has 0 unspecified atom stereocenters. The van der Waals surface area contributed by atoms with E-state index in [1.165, 1.54) is 0 Å². The van der Waals surface area contributed by atoms with E-state index in [4.69, 9.17) is 10.5 Å². The Morgan fingerprint density at radius 1 is 0.931 bits per heavy atom. The van der Waals surface area contributed by atoms with Crippen LogP contribution in [0.3, 0.4) is 0 Å². The highest BCUT2D eigenvalue weighted by Crippen LogP contribution is 2.27. The topological polar surface area (TPSA) is 102 Å². The summed E-state index contributed by atoms with van der Waals surface area (Å²) in [6, 6.07) is 23.7. The van der Waals surface area contributed by atoms with Gasteiger partial charge in [-0.15, -0.1) is 0 Å². The van der Waals surface area contributed by atoms with Crippen LogP contribution >= 0.6 is 0 Å². The number of carbonyl (C=O) groups is 1. The summed E-state index contributed by atoms with van der Waals surface area (Å²) in [5.74, 6) is 0.137. The van der Waals surface area contributed by atoms with Gasteiger partial charge in [0.2, 0.25) is 0 Å². The Morgan fingerprint density at radius 2 is 1.62 bits per heavy atom. The first-order chi connectivity index (χ1) is 14.2. The summed E-state index contributed by atoms with van der Waals surface area (Å²) < 4.78 is 5.45. The predicted octanol–water partition coefficient (Wildman–Crippen LogP) is 4.11. The van der Waals surface area contributed by atoms with Crippen molar-refractivity contribution in [2.75, 3.05) is 5.73 Å². The molecule has 29 heavy (non-hydrogen) atoms. The molecule has 140 valence electrons. The van der Waals surface area contributed by atoms with Gasteiger partial charge in [-0.2, -0.15) is 5.26 Å². The minimum Gasteiger partial charge on any atom is -0.454 e. The first kappa shape index (κ1) is 18.1. The van der Waals surface area contributed by atoms with Crippen molar-refractivity contribution in [3.63, 3.8) is 0 Å². The lowest BCUT2D eigenvalue weighted by atomic mass is 9.96. The van der Waals surface area contributed by atoms with Crippen LogP contribution < -0.4 is 5.73 Å². The summed E-state index contributed by atoms with van der Waals surface area (Å²) in [4.78, 5) is 21.4. The molecule has 0 aliphatic carbocycles. The number of anilines is 1. The molecule has 0 spiro atoms. The second kappa shape index (κ2) is 7.79. The lowest BCUT2D eigenvalue weighted by Crippen LogP contribution is -2.10. The van der Waals surface area contributed by atoms with Crippen LogP contribution in [0.4, 0.5) is 5.82 Å². The monoisotopic (exact) mass is 380 g/mol. The van der Waals surface area contributed by atoms with E-state index in [1.54, 1.807) is 36.4 Å². The van der Waals surface area contributed by atoms with Gasteiger partial charge in [-0.25, -0.2) is 14.8 Å². The molecule has 0 fully saturated rings. The van der Waals surface area contributed by atoms with E-state index < -0.39 is 5.97 Å². The van der Waals surface area contributed by atoms with Crippen molar-refractivity contribution >= 4 is 22.7 Å². The van der Waals surface area contributed by atoms with Gasteiger partial charge < -0.3 is 10.5 Å². The number of hydrogen-bond donors (Lipinski definition) is 1. The molecule has 1 aromatic heterocycles.